The number of imide groups is 1. The SMILES string of the molecule is CC.CC.CCC(C)(S)C1CC(=O)N(C(CN)C(=O)NC)C1=O. The molecule has 136 valence electrons. The van der Waals surface area contributed by atoms with Crippen molar-refractivity contribution in [2.75, 3.05) is 13.6 Å². The maximum absolute atomic E-state index is 12.4. The minimum Gasteiger partial charge on any atom is -0.357 e. The third kappa shape index (κ3) is 5.80. The molecule has 1 heterocycles. The second kappa shape index (κ2) is 11.5. The number of amides is 3. The number of nitrogens with zero attached hydrogens (tertiary/aromatic N) is 1. The number of carbonyl (C=O) groups excluding carboxylic acids is 3. The third-order valence-electron chi connectivity index (χ3n) is 3.73. The van der Waals surface area contributed by atoms with E-state index in [1.165, 1.54) is 7.05 Å². The van der Waals surface area contributed by atoms with Crippen LogP contribution in [0.2, 0.25) is 0 Å². The number of hydrogen-bond acceptors (Lipinski definition) is 5. The topological polar surface area (TPSA) is 92.5 Å². The minimum atomic E-state index is -0.934. The van der Waals surface area contributed by atoms with Crippen molar-refractivity contribution in [2.45, 2.75) is 65.2 Å². The molecule has 0 aromatic rings. The highest BCUT2D eigenvalue weighted by Gasteiger charge is 2.49. The van der Waals surface area contributed by atoms with Gasteiger partial charge in [-0.2, -0.15) is 12.6 Å². The predicted molar refractivity (Wildman–Crippen MR) is 97.2 cm³/mol. The molecule has 3 N–H and O–H groups in total. The zero-order valence-corrected chi connectivity index (χ0v) is 16.4. The fourth-order valence-corrected chi connectivity index (χ4v) is 2.41. The maximum Gasteiger partial charge on any atom is 0.244 e. The molecule has 3 amide bonds. The van der Waals surface area contributed by atoms with Gasteiger partial charge in [0, 0.05) is 24.8 Å². The first-order valence-electron chi connectivity index (χ1n) is 8.30. The van der Waals surface area contributed by atoms with Gasteiger partial charge in [0.2, 0.25) is 17.7 Å². The van der Waals surface area contributed by atoms with Gasteiger partial charge in [-0.1, -0.05) is 34.6 Å². The van der Waals surface area contributed by atoms with Crippen molar-refractivity contribution < 1.29 is 14.4 Å². The number of thiol groups is 1. The Bertz CT molecular complexity index is 400. The Labute approximate surface area is 146 Å². The van der Waals surface area contributed by atoms with Crippen molar-refractivity contribution >= 4 is 30.4 Å². The highest BCUT2D eigenvalue weighted by atomic mass is 32.1. The first-order chi connectivity index (χ1) is 10.8. The van der Waals surface area contributed by atoms with E-state index in [-0.39, 0.29) is 24.8 Å². The molecular formula is C16H33N3O3S. The van der Waals surface area contributed by atoms with E-state index in [2.05, 4.69) is 17.9 Å². The molecule has 0 bridgehead atoms. The van der Waals surface area contributed by atoms with Crippen molar-refractivity contribution in [3.8, 4) is 0 Å². The molecule has 1 aliphatic heterocycles. The standard InChI is InChI=1S/C12H21N3O3S.2C2H6/c1-4-12(2,19)7-5-9(16)15(11(7)18)8(6-13)10(17)14-3;2*1-2/h7-8,19H,4-6,13H2,1-3H3,(H,14,17);2*1-2H3. The number of nitrogens with two attached hydrogens (primary N) is 1. The summed E-state index contributed by atoms with van der Waals surface area (Å²) < 4.78 is -0.566. The Balaban J connectivity index is 0. The van der Waals surface area contributed by atoms with Gasteiger partial charge in [-0.25, -0.2) is 0 Å². The van der Waals surface area contributed by atoms with Crippen molar-refractivity contribution in [2.24, 2.45) is 11.7 Å². The molecule has 0 radical (unpaired) electrons. The Morgan fingerprint density at radius 2 is 1.87 bits per heavy atom. The van der Waals surface area contributed by atoms with Crippen LogP contribution in [0.3, 0.4) is 0 Å². The quantitative estimate of drug-likeness (QED) is 0.520. The number of hydrogen-bond donors (Lipinski definition) is 3. The van der Waals surface area contributed by atoms with Gasteiger partial charge in [-0.3, -0.25) is 19.3 Å². The zero-order chi connectivity index (χ0) is 18.8. The van der Waals surface area contributed by atoms with Crippen molar-refractivity contribution in [1.29, 1.82) is 0 Å². The van der Waals surface area contributed by atoms with Gasteiger partial charge in [0.1, 0.15) is 6.04 Å². The summed E-state index contributed by atoms with van der Waals surface area (Å²) in [7, 11) is 1.45. The number of likely N-dealkylation sites (tertiary alicyclic amines) is 1. The molecule has 3 unspecified atom stereocenters. The van der Waals surface area contributed by atoms with Crippen LogP contribution in [0.4, 0.5) is 0 Å². The van der Waals surface area contributed by atoms with Gasteiger partial charge >= 0.3 is 0 Å². The summed E-state index contributed by atoms with van der Waals surface area (Å²) in [5.41, 5.74) is 5.51. The smallest absolute Gasteiger partial charge is 0.244 e. The molecule has 3 atom stereocenters. The lowest BCUT2D eigenvalue weighted by Crippen LogP contribution is -2.53. The van der Waals surface area contributed by atoms with Crippen LogP contribution in [0.25, 0.3) is 0 Å². The first kappa shape index (κ1) is 24.2. The summed E-state index contributed by atoms with van der Waals surface area (Å²) in [5, 5.41) is 2.42. The largest absolute Gasteiger partial charge is 0.357 e. The predicted octanol–water partition coefficient (Wildman–Crippen LogP) is 1.59. The molecule has 0 aliphatic carbocycles. The lowest BCUT2D eigenvalue weighted by atomic mass is 9.89. The summed E-state index contributed by atoms with van der Waals surface area (Å²) in [6, 6.07) is -0.934. The molecule has 0 aromatic heterocycles. The molecule has 6 nitrogen and oxygen atoms in total. The summed E-state index contributed by atoms with van der Waals surface area (Å²) in [6.07, 6.45) is 0.737. The van der Waals surface area contributed by atoms with Crippen LogP contribution in [0.15, 0.2) is 0 Å². The molecule has 1 saturated heterocycles. The highest BCUT2D eigenvalue weighted by Crippen LogP contribution is 2.37. The van der Waals surface area contributed by atoms with Crippen LogP contribution in [0.1, 0.15) is 54.4 Å². The number of rotatable bonds is 5. The fraction of sp³-hybridized carbons (Fsp3) is 0.812. The number of carbonyl (C=O) groups is 3. The Kier molecular flexibility index (Phi) is 12.0. The average molecular weight is 348 g/mol. The monoisotopic (exact) mass is 347 g/mol. The number of likely N-dealkylation sites (N-methyl/N-ethyl adjacent to an activating group) is 1. The second-order valence-electron chi connectivity index (χ2n) is 4.94. The lowest BCUT2D eigenvalue weighted by molar-refractivity contribution is -0.147. The van der Waals surface area contributed by atoms with Crippen LogP contribution in [-0.2, 0) is 14.4 Å². The minimum absolute atomic E-state index is 0.0835. The van der Waals surface area contributed by atoms with E-state index in [1.54, 1.807) is 0 Å². The third-order valence-corrected chi connectivity index (χ3v) is 4.36. The molecule has 7 heteroatoms. The van der Waals surface area contributed by atoms with E-state index in [0.717, 1.165) is 4.90 Å². The van der Waals surface area contributed by atoms with Crippen LogP contribution >= 0.6 is 12.6 Å². The normalized spacial score (nSPS) is 20.6. The molecule has 1 rings (SSSR count). The lowest BCUT2D eigenvalue weighted by Gasteiger charge is -2.29. The van der Waals surface area contributed by atoms with E-state index in [4.69, 9.17) is 5.73 Å². The number of nitrogens with one attached hydrogen (secondary N) is 1. The summed E-state index contributed by atoms with van der Waals surface area (Å²) in [5.74, 6) is -1.65. The van der Waals surface area contributed by atoms with E-state index in [1.807, 2.05) is 41.5 Å². The molecule has 1 aliphatic rings. The van der Waals surface area contributed by atoms with Gasteiger partial charge in [0.15, 0.2) is 0 Å². The van der Waals surface area contributed by atoms with Crippen LogP contribution in [0.5, 0.6) is 0 Å². The first-order valence-corrected chi connectivity index (χ1v) is 8.74. The van der Waals surface area contributed by atoms with Crippen LogP contribution in [-0.4, -0.2) is 47.0 Å². The van der Waals surface area contributed by atoms with Gasteiger partial charge in [-0.15, -0.1) is 0 Å². The molecule has 0 saturated carbocycles. The van der Waals surface area contributed by atoms with E-state index in [9.17, 15) is 14.4 Å². The highest BCUT2D eigenvalue weighted by molar-refractivity contribution is 7.81. The van der Waals surface area contributed by atoms with Crippen molar-refractivity contribution in [3.63, 3.8) is 0 Å². The average Bonchev–Trinajstić information content (AvgIpc) is 2.88. The van der Waals surface area contributed by atoms with E-state index >= 15 is 0 Å². The van der Waals surface area contributed by atoms with Gasteiger partial charge in [0.05, 0.1) is 5.92 Å². The van der Waals surface area contributed by atoms with Crippen LogP contribution in [0, 0.1) is 5.92 Å². The fourth-order valence-electron chi connectivity index (χ4n) is 2.21. The summed E-state index contributed by atoms with van der Waals surface area (Å²) >= 11 is 4.46. The Hall–Kier alpha value is -1.08. The van der Waals surface area contributed by atoms with E-state index < -0.39 is 22.6 Å². The Morgan fingerprint density at radius 3 is 2.22 bits per heavy atom. The zero-order valence-electron chi connectivity index (χ0n) is 15.5. The summed E-state index contributed by atoms with van der Waals surface area (Å²) in [6.45, 7) is 11.7. The van der Waals surface area contributed by atoms with E-state index in [0.29, 0.717) is 6.42 Å². The molecule has 23 heavy (non-hydrogen) atoms. The van der Waals surface area contributed by atoms with Crippen molar-refractivity contribution in [3.05, 3.63) is 0 Å². The molecule has 0 aromatic carbocycles. The molecule has 0 spiro atoms. The van der Waals surface area contributed by atoms with Gasteiger partial charge in [-0.05, 0) is 13.3 Å². The molecular weight excluding hydrogens is 314 g/mol. The Morgan fingerprint density at radius 1 is 1.39 bits per heavy atom. The van der Waals surface area contributed by atoms with Gasteiger partial charge < -0.3 is 11.1 Å². The molecule has 1 fully saturated rings. The van der Waals surface area contributed by atoms with Crippen molar-refractivity contribution in [1.82, 2.24) is 10.2 Å². The second-order valence-corrected chi connectivity index (χ2v) is 5.96. The van der Waals surface area contributed by atoms with Gasteiger partial charge in [0.25, 0.3) is 0 Å². The summed E-state index contributed by atoms with van der Waals surface area (Å²) in [4.78, 5) is 37.1. The van der Waals surface area contributed by atoms with Crippen LogP contribution < -0.4 is 11.1 Å². The maximum atomic E-state index is 12.4.